The van der Waals surface area contributed by atoms with E-state index < -0.39 is 0 Å². The molecule has 0 aliphatic carbocycles. The zero-order valence-electron chi connectivity index (χ0n) is 12.2. The van der Waals surface area contributed by atoms with E-state index in [0.29, 0.717) is 23.3 Å². The number of hydrogen-bond donors (Lipinski definition) is 0. The maximum absolute atomic E-state index is 13.7. The Hall–Kier alpha value is -1.38. The van der Waals surface area contributed by atoms with E-state index in [1.54, 1.807) is 0 Å². The van der Waals surface area contributed by atoms with E-state index in [-0.39, 0.29) is 18.7 Å². The van der Waals surface area contributed by atoms with Crippen molar-refractivity contribution in [2.45, 2.75) is 36.7 Å². The highest BCUT2D eigenvalue weighted by Crippen LogP contribution is 2.35. The highest BCUT2D eigenvalue weighted by Gasteiger charge is 2.18. The summed E-state index contributed by atoms with van der Waals surface area (Å²) >= 11 is 2.86. The summed E-state index contributed by atoms with van der Waals surface area (Å²) < 4.78 is 30.6. The first-order chi connectivity index (χ1) is 10.6. The Labute approximate surface area is 135 Å². The summed E-state index contributed by atoms with van der Waals surface area (Å²) in [5.41, 5.74) is 1.53. The normalized spacial score (nSPS) is 13.8. The average molecular weight is 342 g/mol. The molecule has 22 heavy (non-hydrogen) atoms. The molecule has 0 unspecified atom stereocenters. The molecule has 2 heterocycles. The van der Waals surface area contributed by atoms with Gasteiger partial charge in [0, 0.05) is 16.9 Å². The number of hydrogen-bond acceptors (Lipinski definition) is 7. The lowest BCUT2D eigenvalue weighted by atomic mass is 10.1. The van der Waals surface area contributed by atoms with Crippen LogP contribution in [0.15, 0.2) is 16.5 Å². The number of benzene rings is 1. The second-order valence-corrected chi connectivity index (χ2v) is 7.12. The third-order valence-electron chi connectivity index (χ3n) is 2.83. The molecule has 0 spiro atoms. The first kappa shape index (κ1) is 15.5. The van der Waals surface area contributed by atoms with Crippen molar-refractivity contribution in [2.24, 2.45) is 0 Å². The van der Waals surface area contributed by atoms with E-state index in [1.165, 1.54) is 35.2 Å². The highest BCUT2D eigenvalue weighted by atomic mass is 32.2. The number of ether oxygens (including phenoxy) is 3. The van der Waals surface area contributed by atoms with Crippen molar-refractivity contribution in [2.75, 3.05) is 6.79 Å². The topological polar surface area (TPSA) is 53.5 Å². The van der Waals surface area contributed by atoms with Crippen molar-refractivity contribution in [3.05, 3.63) is 29.1 Å². The zero-order chi connectivity index (χ0) is 15.5. The van der Waals surface area contributed by atoms with E-state index in [9.17, 15) is 4.39 Å². The van der Waals surface area contributed by atoms with Crippen molar-refractivity contribution in [1.82, 2.24) is 10.2 Å². The van der Waals surface area contributed by atoms with E-state index in [4.69, 9.17) is 14.2 Å². The summed E-state index contributed by atoms with van der Waals surface area (Å²) in [5, 5.41) is 8.58. The predicted octanol–water partition coefficient (Wildman–Crippen LogP) is 3.62. The minimum atomic E-state index is -0.287. The molecule has 0 N–H and O–H groups in total. The third-order valence-corrected chi connectivity index (χ3v) is 4.82. The SMILES string of the molecule is CC(C)Oc1nnc(SCc2cc(F)cc3c2OCOC3)s1. The van der Waals surface area contributed by atoms with E-state index >= 15 is 0 Å². The number of fused-ring (bicyclic) bond motifs is 1. The van der Waals surface area contributed by atoms with Crippen LogP contribution in [-0.4, -0.2) is 23.1 Å². The van der Waals surface area contributed by atoms with Gasteiger partial charge in [0.2, 0.25) is 0 Å². The monoisotopic (exact) mass is 342 g/mol. The Bertz CT molecular complexity index is 664. The molecule has 3 rings (SSSR count). The molecule has 1 aromatic carbocycles. The lowest BCUT2D eigenvalue weighted by molar-refractivity contribution is -0.0171. The number of nitrogens with zero attached hydrogens (tertiary/aromatic N) is 2. The maximum atomic E-state index is 13.7. The molecule has 0 saturated heterocycles. The number of aromatic nitrogens is 2. The van der Waals surface area contributed by atoms with Crippen LogP contribution in [0.5, 0.6) is 10.9 Å². The van der Waals surface area contributed by atoms with Crippen molar-refractivity contribution < 1.29 is 18.6 Å². The molecule has 0 atom stereocenters. The Morgan fingerprint density at radius 3 is 3.09 bits per heavy atom. The van der Waals surface area contributed by atoms with Gasteiger partial charge in [0.25, 0.3) is 5.19 Å². The molecule has 118 valence electrons. The van der Waals surface area contributed by atoms with Gasteiger partial charge in [0.1, 0.15) is 11.6 Å². The summed E-state index contributed by atoms with van der Waals surface area (Å²) in [6.45, 7) is 4.44. The first-order valence-corrected chi connectivity index (χ1v) is 8.57. The summed E-state index contributed by atoms with van der Waals surface area (Å²) in [4.78, 5) is 0. The van der Waals surface area contributed by atoms with Crippen LogP contribution in [0.25, 0.3) is 0 Å². The molecule has 1 aliphatic rings. The van der Waals surface area contributed by atoms with Crippen LogP contribution < -0.4 is 9.47 Å². The van der Waals surface area contributed by atoms with E-state index in [1.807, 2.05) is 13.8 Å². The van der Waals surface area contributed by atoms with Gasteiger partial charge < -0.3 is 14.2 Å². The molecule has 0 saturated carbocycles. The third kappa shape index (κ3) is 3.68. The average Bonchev–Trinajstić information content (AvgIpc) is 2.91. The van der Waals surface area contributed by atoms with Crippen molar-refractivity contribution in [1.29, 1.82) is 0 Å². The number of thioether (sulfide) groups is 1. The zero-order valence-corrected chi connectivity index (χ0v) is 13.8. The van der Waals surface area contributed by atoms with Gasteiger partial charge >= 0.3 is 0 Å². The van der Waals surface area contributed by atoms with Crippen LogP contribution in [0, 0.1) is 5.82 Å². The number of halogens is 1. The smallest absolute Gasteiger partial charge is 0.295 e. The fourth-order valence-electron chi connectivity index (χ4n) is 2.01. The molecule has 0 amide bonds. The van der Waals surface area contributed by atoms with Gasteiger partial charge in [-0.3, -0.25) is 0 Å². The lowest BCUT2D eigenvalue weighted by Gasteiger charge is -2.20. The Balaban J connectivity index is 1.71. The van der Waals surface area contributed by atoms with Gasteiger partial charge in [-0.25, -0.2) is 4.39 Å². The standard InChI is InChI=1S/C14H15FN2O3S2/c1-8(2)20-13-16-17-14(22-13)21-6-10-4-11(15)3-9-5-18-7-19-12(9)10/h3-4,8H,5-7H2,1-2H3. The lowest BCUT2D eigenvalue weighted by Crippen LogP contribution is -2.13. The van der Waals surface area contributed by atoms with Crippen LogP contribution >= 0.6 is 23.1 Å². The molecule has 2 aromatic rings. The van der Waals surface area contributed by atoms with E-state index in [2.05, 4.69) is 10.2 Å². The molecule has 1 aromatic heterocycles. The molecule has 8 heteroatoms. The first-order valence-electron chi connectivity index (χ1n) is 6.76. The summed E-state index contributed by atoms with van der Waals surface area (Å²) in [6.07, 6.45) is 0.0643. The van der Waals surface area contributed by atoms with Gasteiger partial charge in [-0.05, 0) is 37.3 Å². The van der Waals surface area contributed by atoms with Crippen LogP contribution in [0.2, 0.25) is 0 Å². The van der Waals surface area contributed by atoms with Gasteiger partial charge in [0.15, 0.2) is 11.1 Å². The van der Waals surface area contributed by atoms with Crippen LogP contribution in [-0.2, 0) is 17.1 Å². The number of rotatable bonds is 5. The maximum Gasteiger partial charge on any atom is 0.295 e. The molecular formula is C14H15FN2O3S2. The van der Waals surface area contributed by atoms with Gasteiger partial charge in [-0.2, -0.15) is 0 Å². The summed E-state index contributed by atoms with van der Waals surface area (Å²) in [6, 6.07) is 2.94. The minimum Gasteiger partial charge on any atom is -0.467 e. The fraction of sp³-hybridized carbons (Fsp3) is 0.429. The van der Waals surface area contributed by atoms with Crippen LogP contribution in [0.4, 0.5) is 4.39 Å². The Kier molecular flexibility index (Phi) is 4.80. The van der Waals surface area contributed by atoms with Crippen molar-refractivity contribution in [3.8, 4) is 10.9 Å². The summed E-state index contributed by atoms with van der Waals surface area (Å²) in [5.74, 6) is 0.976. The predicted molar refractivity (Wildman–Crippen MR) is 81.9 cm³/mol. The molecule has 0 radical (unpaired) electrons. The molecular weight excluding hydrogens is 327 g/mol. The second-order valence-electron chi connectivity index (χ2n) is 4.95. The molecule has 5 nitrogen and oxygen atoms in total. The summed E-state index contributed by atoms with van der Waals surface area (Å²) in [7, 11) is 0. The quantitative estimate of drug-likeness (QED) is 0.774. The van der Waals surface area contributed by atoms with Crippen molar-refractivity contribution in [3.63, 3.8) is 0 Å². The van der Waals surface area contributed by atoms with Crippen molar-refractivity contribution >= 4 is 23.1 Å². The van der Waals surface area contributed by atoms with Gasteiger partial charge in [-0.15, -0.1) is 5.10 Å². The minimum absolute atomic E-state index is 0.0643. The van der Waals surface area contributed by atoms with Gasteiger partial charge in [-0.1, -0.05) is 16.9 Å². The largest absolute Gasteiger partial charge is 0.467 e. The Morgan fingerprint density at radius 2 is 2.27 bits per heavy atom. The second kappa shape index (κ2) is 6.80. The Morgan fingerprint density at radius 1 is 1.41 bits per heavy atom. The van der Waals surface area contributed by atoms with E-state index in [0.717, 1.165) is 15.5 Å². The molecule has 0 fully saturated rings. The molecule has 1 aliphatic heterocycles. The van der Waals surface area contributed by atoms with Crippen LogP contribution in [0.1, 0.15) is 25.0 Å². The highest BCUT2D eigenvalue weighted by molar-refractivity contribution is 8.00. The van der Waals surface area contributed by atoms with Gasteiger partial charge in [0.05, 0.1) is 12.7 Å². The van der Waals surface area contributed by atoms with Crippen LogP contribution in [0.3, 0.4) is 0 Å². The molecule has 0 bridgehead atoms. The fourth-order valence-corrected chi connectivity index (χ4v) is 3.78.